The van der Waals surface area contributed by atoms with Crippen LogP contribution in [0.4, 0.5) is 17.1 Å². The van der Waals surface area contributed by atoms with Gasteiger partial charge in [0.25, 0.3) is 0 Å². The molecule has 0 bridgehead atoms. The molecule has 63 heavy (non-hydrogen) atoms. The standard InChI is InChI=1S/C61H51NO/c1-59(32-12-13-33-59)41-24-28-47-48-29-25-42(60(2)34-14-15-35-60)37-54(48)61(53(47)36-41)52-21-9-6-19-46(52)49-30-26-43(38-55(49)61)62(56-22-10-7-18-45(56)40-16-4-3-5-17-40)44-27-31-51-50-20-8-11-23-57(50)63-58(51)39-44/h3-11,16-31,36-39H,12-15,32-35H2,1-2H3. The van der Waals surface area contributed by atoms with Gasteiger partial charge in [-0.15, -0.1) is 0 Å². The molecule has 2 heteroatoms. The summed E-state index contributed by atoms with van der Waals surface area (Å²) < 4.78 is 6.60. The number of rotatable bonds is 6. The van der Waals surface area contributed by atoms with Gasteiger partial charge >= 0.3 is 0 Å². The summed E-state index contributed by atoms with van der Waals surface area (Å²) in [5, 5.41) is 2.27. The van der Waals surface area contributed by atoms with E-state index in [9.17, 15) is 0 Å². The van der Waals surface area contributed by atoms with Gasteiger partial charge in [0.05, 0.1) is 11.1 Å². The number of furan rings is 1. The molecule has 306 valence electrons. The number of para-hydroxylation sites is 2. The Labute approximate surface area is 370 Å². The Bertz CT molecular complexity index is 3210. The minimum Gasteiger partial charge on any atom is -0.456 e. The highest BCUT2D eigenvalue weighted by molar-refractivity contribution is 6.06. The van der Waals surface area contributed by atoms with Crippen LogP contribution in [0, 0.1) is 0 Å². The second-order valence-corrected chi connectivity index (χ2v) is 19.6. The maximum Gasteiger partial charge on any atom is 0.137 e. The average molecular weight is 814 g/mol. The second-order valence-electron chi connectivity index (χ2n) is 19.6. The molecule has 2 saturated carbocycles. The largest absolute Gasteiger partial charge is 0.456 e. The molecule has 0 unspecified atom stereocenters. The average Bonchev–Trinajstić information content (AvgIpc) is 4.17. The molecule has 1 aromatic heterocycles. The van der Waals surface area contributed by atoms with Gasteiger partial charge in [0.2, 0.25) is 0 Å². The van der Waals surface area contributed by atoms with Crippen LogP contribution in [-0.2, 0) is 16.2 Å². The van der Waals surface area contributed by atoms with Gasteiger partial charge in [-0.2, -0.15) is 0 Å². The first-order valence-corrected chi connectivity index (χ1v) is 23.3. The molecule has 8 aromatic carbocycles. The van der Waals surface area contributed by atoms with E-state index in [1.807, 2.05) is 0 Å². The number of nitrogens with zero attached hydrogens (tertiary/aromatic N) is 1. The Morgan fingerprint density at radius 1 is 0.397 bits per heavy atom. The van der Waals surface area contributed by atoms with Crippen molar-refractivity contribution in [2.45, 2.75) is 81.5 Å². The van der Waals surface area contributed by atoms with Gasteiger partial charge in [-0.05, 0) is 134 Å². The third kappa shape index (κ3) is 5.31. The van der Waals surface area contributed by atoms with Crippen LogP contribution in [0.3, 0.4) is 0 Å². The third-order valence-electron chi connectivity index (χ3n) is 16.1. The molecule has 4 aliphatic carbocycles. The molecule has 0 radical (unpaired) electrons. The Morgan fingerprint density at radius 3 is 1.60 bits per heavy atom. The molecule has 9 aromatic rings. The molecule has 13 rings (SSSR count). The van der Waals surface area contributed by atoms with Gasteiger partial charge in [0.1, 0.15) is 11.2 Å². The summed E-state index contributed by atoms with van der Waals surface area (Å²) in [5.41, 5.74) is 21.5. The topological polar surface area (TPSA) is 16.4 Å². The number of hydrogen-bond donors (Lipinski definition) is 0. The van der Waals surface area contributed by atoms with Gasteiger partial charge in [0.15, 0.2) is 0 Å². The second kappa shape index (κ2) is 13.7. The zero-order valence-corrected chi connectivity index (χ0v) is 36.3. The summed E-state index contributed by atoms with van der Waals surface area (Å²) in [7, 11) is 0. The lowest BCUT2D eigenvalue weighted by atomic mass is 9.68. The normalized spacial score (nSPS) is 17.2. The Kier molecular flexibility index (Phi) is 8.03. The first-order chi connectivity index (χ1) is 30.9. The number of anilines is 3. The van der Waals surface area contributed by atoms with Crippen LogP contribution in [0.15, 0.2) is 180 Å². The minimum absolute atomic E-state index is 0.184. The molecule has 1 spiro atoms. The van der Waals surface area contributed by atoms with Crippen molar-refractivity contribution in [2.75, 3.05) is 4.90 Å². The summed E-state index contributed by atoms with van der Waals surface area (Å²) in [6.45, 7) is 5.04. The summed E-state index contributed by atoms with van der Waals surface area (Å²) in [5.74, 6) is 0. The molecule has 0 saturated heterocycles. The van der Waals surface area contributed by atoms with Crippen molar-refractivity contribution in [2.24, 2.45) is 0 Å². The number of hydrogen-bond acceptors (Lipinski definition) is 2. The van der Waals surface area contributed by atoms with E-state index in [0.717, 1.165) is 39.0 Å². The van der Waals surface area contributed by atoms with Gasteiger partial charge in [-0.25, -0.2) is 0 Å². The summed E-state index contributed by atoms with van der Waals surface area (Å²) >= 11 is 0. The van der Waals surface area contributed by atoms with Crippen LogP contribution in [-0.4, -0.2) is 0 Å². The van der Waals surface area contributed by atoms with Crippen molar-refractivity contribution in [3.8, 4) is 33.4 Å². The predicted octanol–water partition coefficient (Wildman–Crippen LogP) is 16.7. The van der Waals surface area contributed by atoms with Crippen LogP contribution in [0.25, 0.3) is 55.3 Å². The minimum atomic E-state index is -0.476. The fourth-order valence-electron chi connectivity index (χ4n) is 12.8. The molecule has 0 atom stereocenters. The summed E-state index contributed by atoms with van der Waals surface area (Å²) in [6.07, 6.45) is 10.2. The summed E-state index contributed by atoms with van der Waals surface area (Å²) in [4.78, 5) is 2.48. The fraction of sp³-hybridized carbons (Fsp3) is 0.213. The zero-order valence-electron chi connectivity index (χ0n) is 36.3. The van der Waals surface area contributed by atoms with Crippen molar-refractivity contribution < 1.29 is 4.42 Å². The van der Waals surface area contributed by atoms with Crippen LogP contribution in [0.2, 0.25) is 0 Å². The molecule has 0 amide bonds. The zero-order chi connectivity index (χ0) is 41.9. The smallest absolute Gasteiger partial charge is 0.137 e. The maximum absolute atomic E-state index is 6.60. The molecule has 1 heterocycles. The van der Waals surface area contributed by atoms with E-state index in [1.54, 1.807) is 0 Å². The van der Waals surface area contributed by atoms with E-state index in [2.05, 4.69) is 195 Å². The Balaban J connectivity index is 1.10. The number of fused-ring (bicyclic) bond motifs is 13. The maximum atomic E-state index is 6.60. The van der Waals surface area contributed by atoms with Crippen LogP contribution < -0.4 is 4.90 Å². The van der Waals surface area contributed by atoms with E-state index in [1.165, 1.54) is 118 Å². The van der Waals surface area contributed by atoms with Crippen molar-refractivity contribution in [1.29, 1.82) is 0 Å². The molecule has 0 aliphatic heterocycles. The monoisotopic (exact) mass is 813 g/mol. The fourth-order valence-corrected chi connectivity index (χ4v) is 12.8. The van der Waals surface area contributed by atoms with E-state index in [-0.39, 0.29) is 10.8 Å². The lowest BCUT2D eigenvalue weighted by Gasteiger charge is -2.34. The molecular weight excluding hydrogens is 763 g/mol. The highest BCUT2D eigenvalue weighted by Crippen LogP contribution is 2.65. The Hall–Kier alpha value is -6.64. The van der Waals surface area contributed by atoms with Crippen molar-refractivity contribution in [1.82, 2.24) is 0 Å². The third-order valence-corrected chi connectivity index (χ3v) is 16.1. The molecule has 0 N–H and O–H groups in total. The highest BCUT2D eigenvalue weighted by Gasteiger charge is 2.53. The predicted molar refractivity (Wildman–Crippen MR) is 262 cm³/mol. The van der Waals surface area contributed by atoms with Gasteiger partial charge in [-0.1, -0.05) is 173 Å². The van der Waals surface area contributed by atoms with Crippen LogP contribution in [0.1, 0.15) is 98.6 Å². The number of benzene rings is 8. The van der Waals surface area contributed by atoms with E-state index in [0.29, 0.717) is 0 Å². The molecule has 2 fully saturated rings. The first kappa shape index (κ1) is 37.0. The van der Waals surface area contributed by atoms with Gasteiger partial charge in [-0.3, -0.25) is 0 Å². The lowest BCUT2D eigenvalue weighted by Crippen LogP contribution is -2.28. The van der Waals surface area contributed by atoms with Crippen LogP contribution in [0.5, 0.6) is 0 Å². The van der Waals surface area contributed by atoms with Crippen molar-refractivity contribution in [3.63, 3.8) is 0 Å². The highest BCUT2D eigenvalue weighted by atomic mass is 16.3. The molecular formula is C61H51NO. The molecule has 2 nitrogen and oxygen atoms in total. The van der Waals surface area contributed by atoms with Crippen LogP contribution >= 0.6 is 0 Å². The lowest BCUT2D eigenvalue weighted by molar-refractivity contribution is 0.489. The van der Waals surface area contributed by atoms with E-state index in [4.69, 9.17) is 4.42 Å². The Morgan fingerprint density at radius 2 is 0.905 bits per heavy atom. The van der Waals surface area contributed by atoms with Crippen molar-refractivity contribution in [3.05, 3.63) is 209 Å². The quantitative estimate of drug-likeness (QED) is 0.166. The first-order valence-electron chi connectivity index (χ1n) is 23.3. The van der Waals surface area contributed by atoms with Crippen molar-refractivity contribution >= 4 is 39.0 Å². The summed E-state index contributed by atoms with van der Waals surface area (Å²) in [6, 6.07) is 66.9. The SMILES string of the molecule is CC1(c2ccc3c(c2)C2(c4ccccc4-c4ccc(N(c5ccc6c(c5)oc5ccccc56)c5ccccc5-c5ccccc5)cc42)c2cc(C4(C)CCCC4)ccc2-3)CCCC1. The molecule has 4 aliphatic rings. The van der Waals surface area contributed by atoms with E-state index >= 15 is 0 Å². The van der Waals surface area contributed by atoms with Gasteiger partial charge in [0, 0.05) is 33.8 Å². The van der Waals surface area contributed by atoms with Gasteiger partial charge < -0.3 is 9.32 Å². The van der Waals surface area contributed by atoms with E-state index < -0.39 is 5.41 Å².